The summed E-state index contributed by atoms with van der Waals surface area (Å²) in [6.07, 6.45) is 9.76. The minimum absolute atomic E-state index is 0.00268. The zero-order valence-electron chi connectivity index (χ0n) is 20.4. The lowest BCUT2D eigenvalue weighted by Gasteiger charge is -2.39. The molecule has 0 bridgehead atoms. The molecule has 1 aliphatic heterocycles. The summed E-state index contributed by atoms with van der Waals surface area (Å²) in [6, 6.07) is 6.41. The van der Waals surface area contributed by atoms with E-state index in [9.17, 15) is 9.18 Å². The summed E-state index contributed by atoms with van der Waals surface area (Å²) in [5, 5.41) is 3.32. The first-order valence-corrected chi connectivity index (χ1v) is 12.5. The van der Waals surface area contributed by atoms with Crippen molar-refractivity contribution in [2.75, 3.05) is 26.3 Å². The fourth-order valence-corrected chi connectivity index (χ4v) is 5.69. The van der Waals surface area contributed by atoms with E-state index < -0.39 is 0 Å². The summed E-state index contributed by atoms with van der Waals surface area (Å²) < 4.78 is 18.7. The molecule has 3 aliphatic rings. The summed E-state index contributed by atoms with van der Waals surface area (Å²) in [4.78, 5) is 19.5. The average Bonchev–Trinajstić information content (AvgIpc) is 3.15. The number of morpholine rings is 1. The van der Waals surface area contributed by atoms with Crippen molar-refractivity contribution < 1.29 is 13.9 Å². The summed E-state index contributed by atoms with van der Waals surface area (Å²) in [5.74, 6) is 0.191. The molecule has 0 spiro atoms. The maximum absolute atomic E-state index is 13.3. The Labute approximate surface area is 202 Å². The van der Waals surface area contributed by atoms with Gasteiger partial charge in [0, 0.05) is 19.1 Å². The van der Waals surface area contributed by atoms with Crippen LogP contribution in [0.4, 0.5) is 14.9 Å². The van der Waals surface area contributed by atoms with Gasteiger partial charge >= 0.3 is 6.03 Å². The molecule has 1 heterocycles. The first-order chi connectivity index (χ1) is 16.4. The monoisotopic (exact) mass is 468 g/mol. The molecule has 1 aromatic rings. The van der Waals surface area contributed by atoms with Gasteiger partial charge in [-0.1, -0.05) is 25.8 Å². The molecule has 1 aromatic carbocycles. The maximum atomic E-state index is 13.3. The van der Waals surface area contributed by atoms with E-state index in [1.165, 1.54) is 17.7 Å². The van der Waals surface area contributed by atoms with Crippen molar-refractivity contribution in [3.8, 4) is 0 Å². The number of fused-ring (bicyclic) bond motifs is 1. The molecule has 3 N–H and O–H groups in total. The van der Waals surface area contributed by atoms with E-state index in [1.807, 2.05) is 4.90 Å². The van der Waals surface area contributed by atoms with Crippen molar-refractivity contribution in [1.82, 2.24) is 10.2 Å². The van der Waals surface area contributed by atoms with Gasteiger partial charge in [0.25, 0.3) is 0 Å². The van der Waals surface area contributed by atoms with Crippen LogP contribution in [-0.4, -0.2) is 49.0 Å². The van der Waals surface area contributed by atoms with Crippen molar-refractivity contribution >= 4 is 17.4 Å². The van der Waals surface area contributed by atoms with Crippen molar-refractivity contribution in [2.24, 2.45) is 22.1 Å². The molecular formula is C27H37FN4O2. The van der Waals surface area contributed by atoms with E-state index in [0.29, 0.717) is 32.2 Å². The van der Waals surface area contributed by atoms with Gasteiger partial charge in [0.1, 0.15) is 5.82 Å². The van der Waals surface area contributed by atoms with Crippen LogP contribution in [0.1, 0.15) is 52.4 Å². The normalized spacial score (nSPS) is 28.0. The number of aliphatic imine (C=N–C) groups is 1. The second-order valence-corrected chi connectivity index (χ2v) is 9.93. The zero-order chi connectivity index (χ0) is 24.1. The molecule has 1 saturated carbocycles. The van der Waals surface area contributed by atoms with Gasteiger partial charge in [0.15, 0.2) is 0 Å². The van der Waals surface area contributed by atoms with Crippen LogP contribution in [0.5, 0.6) is 0 Å². The number of allylic oxidation sites excluding steroid dienone is 3. The van der Waals surface area contributed by atoms with Crippen LogP contribution >= 0.6 is 0 Å². The standard InChI is InChI=1S/C27H37FN4O2/c1-3-4-24(31-26(33)32-11-13-34-14-12-32)15-20-5-6-21-16-25(19(18-29)17-27(20,21)2)30-23-9-7-22(28)8-10-23/h7-10,16,18,20,24H,3-6,11-15,17,29H2,1-2H3,(H,31,33)/t20-,24?,27-/m1/s1. The van der Waals surface area contributed by atoms with Gasteiger partial charge in [-0.2, -0.15) is 0 Å². The minimum atomic E-state index is -0.269. The van der Waals surface area contributed by atoms with E-state index in [-0.39, 0.29) is 23.3 Å². The largest absolute Gasteiger partial charge is 0.404 e. The average molecular weight is 469 g/mol. The number of benzene rings is 1. The highest BCUT2D eigenvalue weighted by molar-refractivity contribution is 6.11. The molecule has 1 unspecified atom stereocenters. The van der Waals surface area contributed by atoms with Gasteiger partial charge < -0.3 is 20.7 Å². The molecule has 0 radical (unpaired) electrons. The Kier molecular flexibility index (Phi) is 7.71. The van der Waals surface area contributed by atoms with Crippen molar-refractivity contribution in [3.05, 3.63) is 53.5 Å². The first-order valence-electron chi connectivity index (χ1n) is 12.5. The lowest BCUT2D eigenvalue weighted by molar-refractivity contribution is 0.0519. The van der Waals surface area contributed by atoms with E-state index in [1.54, 1.807) is 18.3 Å². The quantitative estimate of drug-likeness (QED) is 0.610. The number of carbonyl (C=O) groups is 1. The number of urea groups is 1. The predicted octanol–water partition coefficient (Wildman–Crippen LogP) is 5.09. The lowest BCUT2D eigenvalue weighted by atomic mass is 9.67. The maximum Gasteiger partial charge on any atom is 0.317 e. The lowest BCUT2D eigenvalue weighted by Crippen LogP contribution is -2.50. The molecule has 2 amide bonds. The van der Waals surface area contributed by atoms with Crippen LogP contribution in [0.25, 0.3) is 0 Å². The van der Waals surface area contributed by atoms with Crippen molar-refractivity contribution in [1.29, 1.82) is 0 Å². The second-order valence-electron chi connectivity index (χ2n) is 9.93. The highest BCUT2D eigenvalue weighted by Gasteiger charge is 2.46. The summed E-state index contributed by atoms with van der Waals surface area (Å²) in [5.41, 5.74) is 10.1. The Bertz CT molecular complexity index is 965. The van der Waals surface area contributed by atoms with Crippen LogP contribution in [0.3, 0.4) is 0 Å². The molecule has 4 rings (SSSR count). The fourth-order valence-electron chi connectivity index (χ4n) is 5.69. The molecular weight excluding hydrogens is 431 g/mol. The van der Waals surface area contributed by atoms with E-state index in [4.69, 9.17) is 15.5 Å². The number of carbonyl (C=O) groups excluding carboxylic acids is 1. The predicted molar refractivity (Wildman–Crippen MR) is 134 cm³/mol. The molecule has 3 atom stereocenters. The zero-order valence-corrected chi connectivity index (χ0v) is 20.4. The number of nitrogens with one attached hydrogen (secondary N) is 1. The topological polar surface area (TPSA) is 79.9 Å². The van der Waals surface area contributed by atoms with Crippen LogP contribution in [0.2, 0.25) is 0 Å². The smallest absolute Gasteiger partial charge is 0.317 e. The Morgan fingerprint density at radius 1 is 1.35 bits per heavy atom. The molecule has 7 heteroatoms. The van der Waals surface area contributed by atoms with Crippen LogP contribution < -0.4 is 11.1 Å². The van der Waals surface area contributed by atoms with E-state index >= 15 is 0 Å². The fraction of sp³-hybridized carbons (Fsp3) is 0.556. The second kappa shape index (κ2) is 10.7. The Morgan fingerprint density at radius 3 is 2.76 bits per heavy atom. The highest BCUT2D eigenvalue weighted by Crippen LogP contribution is 2.55. The summed E-state index contributed by atoms with van der Waals surface area (Å²) in [6.45, 7) is 7.03. The minimum Gasteiger partial charge on any atom is -0.404 e. The third-order valence-electron chi connectivity index (χ3n) is 7.70. The van der Waals surface area contributed by atoms with E-state index in [0.717, 1.165) is 55.5 Å². The van der Waals surface area contributed by atoms with Crippen molar-refractivity contribution in [3.63, 3.8) is 0 Å². The summed E-state index contributed by atoms with van der Waals surface area (Å²) in [7, 11) is 0. The Hall–Kier alpha value is -2.67. The Morgan fingerprint density at radius 2 is 2.09 bits per heavy atom. The number of halogens is 1. The molecule has 2 fully saturated rings. The van der Waals surface area contributed by atoms with Crippen LogP contribution in [-0.2, 0) is 4.74 Å². The molecule has 1 saturated heterocycles. The van der Waals surface area contributed by atoms with Crippen LogP contribution in [0.15, 0.2) is 52.7 Å². The third-order valence-corrected chi connectivity index (χ3v) is 7.70. The molecule has 2 aliphatic carbocycles. The number of hydrogen-bond donors (Lipinski definition) is 2. The molecule has 34 heavy (non-hydrogen) atoms. The van der Waals surface area contributed by atoms with Gasteiger partial charge in [-0.05, 0) is 85.6 Å². The number of ether oxygens (including phenoxy) is 1. The summed E-state index contributed by atoms with van der Waals surface area (Å²) >= 11 is 0. The SMILES string of the molecule is CCCC(C[C@H]1CCC2=CC(=Nc3ccc(F)cc3)C(=CN)C[C@@]21C)NC(=O)N1CCOCC1. The third kappa shape index (κ3) is 5.35. The highest BCUT2D eigenvalue weighted by atomic mass is 19.1. The van der Waals surface area contributed by atoms with Gasteiger partial charge in [0.05, 0.1) is 24.6 Å². The van der Waals surface area contributed by atoms with E-state index in [2.05, 4.69) is 25.2 Å². The number of hydrogen-bond acceptors (Lipinski definition) is 4. The molecule has 6 nitrogen and oxygen atoms in total. The van der Waals surface area contributed by atoms with Crippen molar-refractivity contribution in [2.45, 2.75) is 58.4 Å². The first kappa shape index (κ1) is 24.5. The van der Waals surface area contributed by atoms with Crippen LogP contribution in [0, 0.1) is 17.2 Å². The molecule has 0 aromatic heterocycles. The number of nitrogens with zero attached hydrogens (tertiary/aromatic N) is 2. The van der Waals surface area contributed by atoms with Gasteiger partial charge in [0.2, 0.25) is 0 Å². The van der Waals surface area contributed by atoms with Gasteiger partial charge in [-0.3, -0.25) is 0 Å². The van der Waals surface area contributed by atoms with Gasteiger partial charge in [-0.15, -0.1) is 0 Å². The number of rotatable bonds is 6. The Balaban J connectivity index is 1.50. The number of nitrogens with two attached hydrogens (primary N) is 1. The van der Waals surface area contributed by atoms with Gasteiger partial charge in [-0.25, -0.2) is 14.2 Å². The number of amides is 2. The molecule has 184 valence electrons.